The Morgan fingerprint density at radius 1 is 1.21 bits per heavy atom. The highest BCUT2D eigenvalue weighted by molar-refractivity contribution is 6.30. The monoisotopic (exact) mass is 280 g/mol. The normalized spacial score (nSPS) is 22.8. The minimum atomic E-state index is -1.13. The van der Waals surface area contributed by atoms with Crippen LogP contribution in [0.15, 0.2) is 24.3 Å². The number of halogens is 1. The highest BCUT2D eigenvalue weighted by atomic mass is 35.5. The Hall–Kier alpha value is -1.55. The number of carboxylic acids is 1. The largest absolute Gasteiger partial charge is 0.550 e. The van der Waals surface area contributed by atoms with E-state index < -0.39 is 17.8 Å². The first-order valence-electron chi connectivity index (χ1n) is 6.35. The van der Waals surface area contributed by atoms with Crippen LogP contribution in [0.5, 0.6) is 0 Å². The van der Waals surface area contributed by atoms with Gasteiger partial charge in [0.15, 0.2) is 0 Å². The topological polar surface area (TPSA) is 69.2 Å². The van der Waals surface area contributed by atoms with Crippen molar-refractivity contribution in [1.82, 2.24) is 0 Å². The number of benzene rings is 1. The van der Waals surface area contributed by atoms with Gasteiger partial charge in [-0.3, -0.25) is 4.79 Å². The molecule has 19 heavy (non-hydrogen) atoms. The number of carbonyl (C=O) groups excluding carboxylic acids is 2. The molecule has 0 saturated heterocycles. The van der Waals surface area contributed by atoms with Crippen molar-refractivity contribution in [3.05, 3.63) is 29.3 Å². The SMILES string of the molecule is O=C([O-])[C@@H]1CCCC[C@H]1C(=O)Nc1cccc(Cl)c1. The van der Waals surface area contributed by atoms with Crippen LogP contribution in [-0.2, 0) is 9.59 Å². The molecule has 1 aliphatic carbocycles. The first-order chi connectivity index (χ1) is 9.08. The van der Waals surface area contributed by atoms with Crippen molar-refractivity contribution in [3.63, 3.8) is 0 Å². The average Bonchev–Trinajstić information content (AvgIpc) is 2.38. The van der Waals surface area contributed by atoms with E-state index in [1.54, 1.807) is 24.3 Å². The summed E-state index contributed by atoms with van der Waals surface area (Å²) in [5.74, 6) is -2.60. The van der Waals surface area contributed by atoms with E-state index in [0.717, 1.165) is 12.8 Å². The second-order valence-corrected chi connectivity index (χ2v) is 5.25. The summed E-state index contributed by atoms with van der Waals surface area (Å²) in [6, 6.07) is 6.80. The van der Waals surface area contributed by atoms with Gasteiger partial charge in [0.1, 0.15) is 0 Å². The van der Waals surface area contributed by atoms with Crippen molar-refractivity contribution in [2.24, 2.45) is 11.8 Å². The van der Waals surface area contributed by atoms with Gasteiger partial charge in [0.2, 0.25) is 5.91 Å². The molecule has 0 spiro atoms. The molecular weight excluding hydrogens is 266 g/mol. The lowest BCUT2D eigenvalue weighted by molar-refractivity contribution is -0.313. The molecule has 0 aromatic heterocycles. The minimum Gasteiger partial charge on any atom is -0.550 e. The van der Waals surface area contributed by atoms with Gasteiger partial charge in [-0.2, -0.15) is 0 Å². The molecule has 0 unspecified atom stereocenters. The zero-order valence-corrected chi connectivity index (χ0v) is 11.2. The van der Waals surface area contributed by atoms with Gasteiger partial charge in [0, 0.05) is 28.5 Å². The summed E-state index contributed by atoms with van der Waals surface area (Å²) in [4.78, 5) is 23.2. The molecule has 1 aromatic carbocycles. The third-order valence-electron chi connectivity index (χ3n) is 3.50. The lowest BCUT2D eigenvalue weighted by atomic mass is 9.78. The van der Waals surface area contributed by atoms with Gasteiger partial charge in [-0.05, 0) is 31.0 Å². The van der Waals surface area contributed by atoms with Gasteiger partial charge in [-0.15, -0.1) is 0 Å². The van der Waals surface area contributed by atoms with E-state index >= 15 is 0 Å². The molecule has 1 N–H and O–H groups in total. The fourth-order valence-corrected chi connectivity index (χ4v) is 2.72. The molecule has 0 aliphatic heterocycles. The molecule has 1 aliphatic rings. The number of hydrogen-bond donors (Lipinski definition) is 1. The van der Waals surface area contributed by atoms with Crippen molar-refractivity contribution in [2.45, 2.75) is 25.7 Å². The molecule has 2 atom stereocenters. The Morgan fingerprint density at radius 3 is 2.53 bits per heavy atom. The van der Waals surface area contributed by atoms with Crippen LogP contribution in [0.1, 0.15) is 25.7 Å². The predicted molar refractivity (Wildman–Crippen MR) is 70.5 cm³/mol. The molecule has 5 heteroatoms. The zero-order valence-electron chi connectivity index (χ0n) is 10.4. The third-order valence-corrected chi connectivity index (χ3v) is 3.73. The van der Waals surface area contributed by atoms with Gasteiger partial charge in [0.05, 0.1) is 0 Å². The van der Waals surface area contributed by atoms with Gasteiger partial charge in [-0.25, -0.2) is 0 Å². The van der Waals surface area contributed by atoms with Gasteiger partial charge in [0.25, 0.3) is 0 Å². The van der Waals surface area contributed by atoms with Crippen LogP contribution in [0.4, 0.5) is 5.69 Å². The van der Waals surface area contributed by atoms with Crippen molar-refractivity contribution in [1.29, 1.82) is 0 Å². The quantitative estimate of drug-likeness (QED) is 0.918. The Kier molecular flexibility index (Phi) is 4.43. The first-order valence-corrected chi connectivity index (χ1v) is 6.73. The van der Waals surface area contributed by atoms with E-state index in [1.807, 2.05) is 0 Å². The number of amides is 1. The lowest BCUT2D eigenvalue weighted by Gasteiger charge is -2.31. The van der Waals surface area contributed by atoms with E-state index in [0.29, 0.717) is 23.6 Å². The number of carboxylic acid groups (broad SMARTS) is 1. The summed E-state index contributed by atoms with van der Waals surface area (Å²) in [5, 5.41) is 14.3. The Morgan fingerprint density at radius 2 is 1.89 bits per heavy atom. The van der Waals surface area contributed by atoms with Crippen molar-refractivity contribution in [2.75, 3.05) is 5.32 Å². The zero-order chi connectivity index (χ0) is 13.8. The molecule has 2 rings (SSSR count). The van der Waals surface area contributed by atoms with Gasteiger partial charge in [-0.1, -0.05) is 30.5 Å². The maximum absolute atomic E-state index is 12.1. The number of nitrogens with one attached hydrogen (secondary N) is 1. The standard InChI is InChI=1S/C14H16ClNO3/c15-9-4-3-5-10(8-9)16-13(17)11-6-1-2-7-12(11)14(18)19/h3-5,8,11-12H,1-2,6-7H2,(H,16,17)(H,18,19)/p-1/t11-,12-/m1/s1. The molecular formula is C14H15ClNO3-. The highest BCUT2D eigenvalue weighted by Crippen LogP contribution is 2.30. The predicted octanol–water partition coefficient (Wildman–Crippen LogP) is 1.83. The summed E-state index contributed by atoms with van der Waals surface area (Å²) in [6.45, 7) is 0. The molecule has 102 valence electrons. The summed E-state index contributed by atoms with van der Waals surface area (Å²) in [5.41, 5.74) is 0.583. The van der Waals surface area contributed by atoms with Crippen LogP contribution in [0.3, 0.4) is 0 Å². The molecule has 1 saturated carbocycles. The summed E-state index contributed by atoms with van der Waals surface area (Å²) in [7, 11) is 0. The number of anilines is 1. The van der Waals surface area contributed by atoms with Crippen molar-refractivity contribution < 1.29 is 14.7 Å². The fourth-order valence-electron chi connectivity index (χ4n) is 2.53. The molecule has 1 amide bonds. The van der Waals surface area contributed by atoms with Crippen LogP contribution in [0.25, 0.3) is 0 Å². The molecule has 1 fully saturated rings. The Labute approximate surface area is 116 Å². The van der Waals surface area contributed by atoms with E-state index in [4.69, 9.17) is 11.6 Å². The van der Waals surface area contributed by atoms with E-state index in [-0.39, 0.29) is 5.91 Å². The molecule has 4 nitrogen and oxygen atoms in total. The van der Waals surface area contributed by atoms with Crippen molar-refractivity contribution >= 4 is 29.2 Å². The summed E-state index contributed by atoms with van der Waals surface area (Å²) < 4.78 is 0. The number of hydrogen-bond acceptors (Lipinski definition) is 3. The van der Waals surface area contributed by atoms with Crippen LogP contribution in [0, 0.1) is 11.8 Å². The molecule has 0 bridgehead atoms. The van der Waals surface area contributed by atoms with E-state index in [2.05, 4.69) is 5.32 Å². The molecule has 1 aromatic rings. The number of rotatable bonds is 3. The maximum atomic E-state index is 12.1. The first kappa shape index (κ1) is 13.9. The van der Waals surface area contributed by atoms with Crippen LogP contribution >= 0.6 is 11.6 Å². The third kappa shape index (κ3) is 3.47. The second kappa shape index (κ2) is 6.06. The van der Waals surface area contributed by atoms with Gasteiger partial charge < -0.3 is 15.2 Å². The van der Waals surface area contributed by atoms with Crippen LogP contribution in [-0.4, -0.2) is 11.9 Å². The minimum absolute atomic E-state index is 0.267. The average molecular weight is 281 g/mol. The number of carbonyl (C=O) groups is 2. The molecule has 0 heterocycles. The summed E-state index contributed by atoms with van der Waals surface area (Å²) in [6.07, 6.45) is 2.80. The van der Waals surface area contributed by atoms with E-state index in [1.165, 1.54) is 0 Å². The summed E-state index contributed by atoms with van der Waals surface area (Å²) >= 11 is 5.84. The molecule has 0 radical (unpaired) electrons. The Bertz CT molecular complexity index is 489. The van der Waals surface area contributed by atoms with Crippen LogP contribution < -0.4 is 10.4 Å². The van der Waals surface area contributed by atoms with E-state index in [9.17, 15) is 14.7 Å². The van der Waals surface area contributed by atoms with Gasteiger partial charge >= 0.3 is 0 Å². The fraction of sp³-hybridized carbons (Fsp3) is 0.429. The van der Waals surface area contributed by atoms with Crippen LogP contribution in [0.2, 0.25) is 5.02 Å². The smallest absolute Gasteiger partial charge is 0.228 e. The van der Waals surface area contributed by atoms with Crippen molar-refractivity contribution in [3.8, 4) is 0 Å². The lowest BCUT2D eigenvalue weighted by Crippen LogP contribution is -2.42. The number of aliphatic carboxylic acids is 1. The Balaban J connectivity index is 2.07. The highest BCUT2D eigenvalue weighted by Gasteiger charge is 2.31. The second-order valence-electron chi connectivity index (χ2n) is 4.82. The maximum Gasteiger partial charge on any atom is 0.228 e.